The predicted molar refractivity (Wildman–Crippen MR) is 77.5 cm³/mol. The first-order valence-corrected chi connectivity index (χ1v) is 7.59. The lowest BCUT2D eigenvalue weighted by Crippen LogP contribution is -2.05. The van der Waals surface area contributed by atoms with Crippen LogP contribution in [0.5, 0.6) is 0 Å². The van der Waals surface area contributed by atoms with Crippen LogP contribution in [0, 0.1) is 0 Å². The molecule has 0 aliphatic carbocycles. The van der Waals surface area contributed by atoms with Crippen molar-refractivity contribution in [2.75, 3.05) is 13.2 Å². The van der Waals surface area contributed by atoms with Gasteiger partial charge in [0.2, 0.25) is 0 Å². The van der Waals surface area contributed by atoms with E-state index in [-0.39, 0.29) is 12.6 Å². The van der Waals surface area contributed by atoms with Crippen LogP contribution in [-0.2, 0) is 14.6 Å². The minimum absolute atomic E-state index is 0.0793. The van der Waals surface area contributed by atoms with Crippen molar-refractivity contribution < 1.29 is 14.6 Å². The second kappa shape index (κ2) is 13.6. The van der Waals surface area contributed by atoms with Gasteiger partial charge >= 0.3 is 5.97 Å². The zero-order valence-corrected chi connectivity index (χ0v) is 12.4. The van der Waals surface area contributed by atoms with Crippen LogP contribution in [0.15, 0.2) is 12.2 Å². The van der Waals surface area contributed by atoms with Crippen LogP contribution < -0.4 is 0 Å². The molecule has 0 N–H and O–H groups in total. The predicted octanol–water partition coefficient (Wildman–Crippen LogP) is 4.44. The van der Waals surface area contributed by atoms with Gasteiger partial charge in [0.15, 0.2) is 0 Å². The van der Waals surface area contributed by atoms with E-state index in [0.29, 0.717) is 12.2 Å². The molecule has 0 spiro atoms. The van der Waals surface area contributed by atoms with Gasteiger partial charge < -0.3 is 4.74 Å². The van der Waals surface area contributed by atoms with E-state index in [1.165, 1.54) is 38.5 Å². The van der Waals surface area contributed by atoms with Gasteiger partial charge in [-0.1, -0.05) is 57.9 Å². The second-order valence-corrected chi connectivity index (χ2v) is 5.16. The summed E-state index contributed by atoms with van der Waals surface area (Å²) in [6.07, 6.45) is 11.5. The Morgan fingerprint density at radius 3 is 1.68 bits per heavy atom. The molecule has 19 heavy (non-hydrogen) atoms. The number of ether oxygens (including phenoxy) is 1. The maximum Gasteiger partial charge on any atom is 0.333 e. The third kappa shape index (κ3) is 13.4. The molecule has 0 aliphatic rings. The van der Waals surface area contributed by atoms with Crippen LogP contribution in [-0.4, -0.2) is 19.2 Å². The largest absolute Gasteiger partial charge is 0.462 e. The van der Waals surface area contributed by atoms with E-state index in [1.807, 2.05) is 0 Å². The molecular weight excluding hydrogens is 240 g/mol. The average Bonchev–Trinajstić information content (AvgIpc) is 2.39. The van der Waals surface area contributed by atoms with Crippen LogP contribution in [0.3, 0.4) is 0 Å². The van der Waals surface area contributed by atoms with E-state index in [9.17, 15) is 9.90 Å². The number of hydrogen-bond acceptors (Lipinski definition) is 2. The number of rotatable bonds is 13. The Bertz CT molecular complexity index is 236. The Kier molecular flexibility index (Phi) is 13.0. The Balaban J connectivity index is 3.07. The van der Waals surface area contributed by atoms with Crippen LogP contribution in [0.4, 0.5) is 0 Å². The molecule has 111 valence electrons. The summed E-state index contributed by atoms with van der Waals surface area (Å²) in [4.78, 5) is 11.1. The summed E-state index contributed by atoms with van der Waals surface area (Å²) in [5.41, 5.74) is 0.469. The van der Waals surface area contributed by atoms with E-state index >= 15 is 0 Å². The van der Waals surface area contributed by atoms with Crippen molar-refractivity contribution in [3.05, 3.63) is 12.2 Å². The topological polar surface area (TPSA) is 46.2 Å². The summed E-state index contributed by atoms with van der Waals surface area (Å²) in [5, 5.41) is 10.2. The first-order valence-electron chi connectivity index (χ1n) is 7.59. The molecule has 0 heterocycles. The fourth-order valence-corrected chi connectivity index (χ4v) is 1.91. The molecular formula is C16H29O3. The molecule has 0 fully saturated rings. The lowest BCUT2D eigenvalue weighted by molar-refractivity contribution is -0.139. The highest BCUT2D eigenvalue weighted by Gasteiger charge is 2.01. The van der Waals surface area contributed by atoms with E-state index in [2.05, 4.69) is 6.58 Å². The number of unbranched alkanes of at least 4 members (excludes halogenated alkanes) is 9. The van der Waals surface area contributed by atoms with E-state index in [4.69, 9.17) is 4.74 Å². The summed E-state index contributed by atoms with van der Waals surface area (Å²) in [6, 6.07) is 0. The molecule has 0 amide bonds. The summed E-state index contributed by atoms with van der Waals surface area (Å²) >= 11 is 0. The Morgan fingerprint density at radius 2 is 1.26 bits per heavy atom. The van der Waals surface area contributed by atoms with Gasteiger partial charge in [0, 0.05) is 5.57 Å². The van der Waals surface area contributed by atoms with Crippen molar-refractivity contribution in [2.45, 2.75) is 71.1 Å². The van der Waals surface area contributed by atoms with Gasteiger partial charge in [-0.15, -0.1) is 0 Å². The number of carbonyl (C=O) groups excluding carboxylic acids is 1. The van der Waals surface area contributed by atoms with Crippen molar-refractivity contribution in [1.29, 1.82) is 0 Å². The van der Waals surface area contributed by atoms with Crippen molar-refractivity contribution in [3.63, 3.8) is 0 Å². The van der Waals surface area contributed by atoms with Gasteiger partial charge in [-0.3, -0.25) is 0 Å². The van der Waals surface area contributed by atoms with Gasteiger partial charge in [0.05, 0.1) is 13.2 Å². The third-order valence-electron chi connectivity index (χ3n) is 3.12. The first kappa shape index (κ1) is 18.2. The van der Waals surface area contributed by atoms with Crippen molar-refractivity contribution >= 4 is 5.97 Å². The molecule has 0 saturated carbocycles. The second-order valence-electron chi connectivity index (χ2n) is 5.16. The van der Waals surface area contributed by atoms with E-state index in [0.717, 1.165) is 25.7 Å². The molecule has 0 atom stereocenters. The minimum atomic E-state index is -0.280. The normalized spacial score (nSPS) is 10.4. The van der Waals surface area contributed by atoms with Crippen LogP contribution in [0.25, 0.3) is 0 Å². The highest BCUT2D eigenvalue weighted by Crippen LogP contribution is 2.10. The Morgan fingerprint density at radius 1 is 0.842 bits per heavy atom. The fraction of sp³-hybridized carbons (Fsp3) is 0.812. The highest BCUT2D eigenvalue weighted by atomic mass is 16.5. The standard InChI is InChI=1S/C16H29O3/c1-15(2)16(18)19-14-12-10-8-6-4-3-5-7-9-11-13-17/h1,3-14H2,2H3. The Labute approximate surface area is 118 Å². The first-order chi connectivity index (χ1) is 9.18. The van der Waals surface area contributed by atoms with E-state index < -0.39 is 0 Å². The van der Waals surface area contributed by atoms with Crippen molar-refractivity contribution in [2.24, 2.45) is 0 Å². The van der Waals surface area contributed by atoms with Crippen molar-refractivity contribution in [1.82, 2.24) is 0 Å². The molecule has 0 unspecified atom stereocenters. The van der Waals surface area contributed by atoms with Gasteiger partial charge in [0.25, 0.3) is 0 Å². The quantitative estimate of drug-likeness (QED) is 0.282. The summed E-state index contributed by atoms with van der Waals surface area (Å²) in [6.45, 7) is 5.80. The summed E-state index contributed by atoms with van der Waals surface area (Å²) in [7, 11) is 0. The van der Waals surface area contributed by atoms with Gasteiger partial charge in [-0.05, 0) is 19.8 Å². The Hall–Kier alpha value is -0.830. The number of esters is 1. The molecule has 0 aromatic rings. The molecule has 1 radical (unpaired) electrons. The van der Waals surface area contributed by atoms with Crippen LogP contribution in [0.1, 0.15) is 71.1 Å². The summed E-state index contributed by atoms with van der Waals surface area (Å²) in [5.74, 6) is -0.280. The fourth-order valence-electron chi connectivity index (χ4n) is 1.91. The average molecular weight is 269 g/mol. The van der Waals surface area contributed by atoms with Gasteiger partial charge in [-0.25, -0.2) is 9.90 Å². The van der Waals surface area contributed by atoms with Gasteiger partial charge in [0.1, 0.15) is 0 Å². The van der Waals surface area contributed by atoms with Crippen LogP contribution in [0.2, 0.25) is 0 Å². The highest BCUT2D eigenvalue weighted by molar-refractivity contribution is 5.86. The van der Waals surface area contributed by atoms with Crippen molar-refractivity contribution in [3.8, 4) is 0 Å². The minimum Gasteiger partial charge on any atom is -0.462 e. The molecule has 0 aromatic carbocycles. The lowest BCUT2D eigenvalue weighted by atomic mass is 10.1. The zero-order chi connectivity index (χ0) is 14.3. The molecule has 0 bridgehead atoms. The zero-order valence-electron chi connectivity index (χ0n) is 12.4. The number of carbonyl (C=O) groups is 1. The summed E-state index contributed by atoms with van der Waals surface area (Å²) < 4.78 is 5.02. The maximum atomic E-state index is 11.1. The molecule has 3 heteroatoms. The molecule has 3 nitrogen and oxygen atoms in total. The molecule has 0 saturated heterocycles. The maximum absolute atomic E-state index is 11.1. The van der Waals surface area contributed by atoms with Gasteiger partial charge in [-0.2, -0.15) is 0 Å². The molecule has 0 aromatic heterocycles. The lowest BCUT2D eigenvalue weighted by Gasteiger charge is -2.04. The SMILES string of the molecule is C=C(C)C(=O)OCCCCCCCCCCCC[O]. The number of hydrogen-bond donors (Lipinski definition) is 0. The smallest absolute Gasteiger partial charge is 0.333 e. The van der Waals surface area contributed by atoms with Crippen LogP contribution >= 0.6 is 0 Å². The molecule has 0 aliphatic heterocycles. The molecule has 0 rings (SSSR count). The third-order valence-corrected chi connectivity index (χ3v) is 3.12. The van der Waals surface area contributed by atoms with E-state index in [1.54, 1.807) is 6.92 Å². The monoisotopic (exact) mass is 269 g/mol.